The van der Waals surface area contributed by atoms with Gasteiger partial charge in [-0.15, -0.1) is 0 Å². The molecule has 6 rings (SSSR count). The number of ketones is 1. The lowest BCUT2D eigenvalue weighted by atomic mass is 9.71. The summed E-state index contributed by atoms with van der Waals surface area (Å²) in [7, 11) is 0. The molecule has 13 atom stereocenters. The maximum absolute atomic E-state index is 16.6. The first kappa shape index (κ1) is 32.4. The van der Waals surface area contributed by atoms with Crippen molar-refractivity contribution in [1.82, 2.24) is 36.0 Å². The molecule has 250 valence electrons. The van der Waals surface area contributed by atoms with Gasteiger partial charge >= 0.3 is 6.03 Å². The van der Waals surface area contributed by atoms with Crippen LogP contribution in [0.15, 0.2) is 24.9 Å². The average Bonchev–Trinajstić information content (AvgIpc) is 3.00. The van der Waals surface area contributed by atoms with E-state index in [-0.39, 0.29) is 60.1 Å². The molecule has 4 saturated heterocycles. The van der Waals surface area contributed by atoms with E-state index in [4.69, 9.17) is 0 Å². The van der Waals surface area contributed by atoms with Gasteiger partial charge in [-0.25, -0.2) is 13.6 Å². The predicted octanol–water partition coefficient (Wildman–Crippen LogP) is 2.28. The smallest absolute Gasteiger partial charge is 0.320 e. The zero-order valence-electron chi connectivity index (χ0n) is 27.0. The Hall–Kier alpha value is -2.57. The fraction of sp³-hybridized carbons (Fsp3) is 0.788. The first-order valence-corrected chi connectivity index (χ1v) is 17.0. The fourth-order valence-electron chi connectivity index (χ4n) is 9.42. The van der Waals surface area contributed by atoms with E-state index in [1.807, 2.05) is 13.8 Å². The molecule has 3 amide bonds. The molecule has 0 aromatic carbocycles. The highest BCUT2D eigenvalue weighted by atomic mass is 19.1. The molecule has 6 aliphatic rings. The van der Waals surface area contributed by atoms with Crippen LogP contribution in [0, 0.1) is 23.7 Å². The van der Waals surface area contributed by atoms with Gasteiger partial charge in [0.2, 0.25) is 5.91 Å². The summed E-state index contributed by atoms with van der Waals surface area (Å²) >= 11 is 0. The number of allylic oxidation sites excluding steroid dienone is 1. The van der Waals surface area contributed by atoms with Gasteiger partial charge in [0, 0.05) is 67.3 Å². The summed E-state index contributed by atoms with van der Waals surface area (Å²) < 4.78 is 32.4. The van der Waals surface area contributed by atoms with Crippen LogP contribution in [-0.2, 0) is 9.59 Å². The Labute approximate surface area is 265 Å². The Morgan fingerprint density at radius 2 is 1.84 bits per heavy atom. The second kappa shape index (κ2) is 12.9. The van der Waals surface area contributed by atoms with Crippen molar-refractivity contribution >= 4 is 17.7 Å². The molecule has 2 bridgehead atoms. The van der Waals surface area contributed by atoms with E-state index < -0.39 is 48.6 Å². The van der Waals surface area contributed by atoms with Gasteiger partial charge in [-0.2, -0.15) is 0 Å². The first-order chi connectivity index (χ1) is 21.5. The van der Waals surface area contributed by atoms with Crippen LogP contribution in [0.1, 0.15) is 59.8 Å². The molecule has 12 heteroatoms. The Balaban J connectivity index is 1.42. The van der Waals surface area contributed by atoms with E-state index in [2.05, 4.69) is 46.6 Å². The van der Waals surface area contributed by atoms with Crippen molar-refractivity contribution in [2.45, 2.75) is 121 Å². The van der Waals surface area contributed by atoms with E-state index >= 15 is 8.78 Å². The van der Waals surface area contributed by atoms with Gasteiger partial charge in [-0.05, 0) is 70.6 Å². The fourth-order valence-corrected chi connectivity index (χ4v) is 9.42. The van der Waals surface area contributed by atoms with E-state index in [1.54, 1.807) is 22.1 Å². The zero-order chi connectivity index (χ0) is 32.2. The maximum atomic E-state index is 16.6. The quantitative estimate of drug-likeness (QED) is 0.354. The normalized spacial score (nSPS) is 44.1. The van der Waals surface area contributed by atoms with Crippen molar-refractivity contribution in [1.29, 1.82) is 0 Å². The molecule has 5 heterocycles. The molecule has 0 aromatic heterocycles. The number of nitrogens with one attached hydrogen (secondary N) is 4. The first-order valence-electron chi connectivity index (χ1n) is 17.0. The summed E-state index contributed by atoms with van der Waals surface area (Å²) in [6, 6.07) is -2.29. The second-order valence-corrected chi connectivity index (χ2v) is 14.6. The number of carbonyl (C=O) groups is 3. The molecule has 45 heavy (non-hydrogen) atoms. The minimum absolute atomic E-state index is 0.0583. The van der Waals surface area contributed by atoms with Gasteiger partial charge < -0.3 is 25.8 Å². The van der Waals surface area contributed by atoms with Crippen LogP contribution in [0.2, 0.25) is 0 Å². The number of halogens is 2. The third-order valence-corrected chi connectivity index (χ3v) is 11.6. The van der Waals surface area contributed by atoms with Crippen LogP contribution >= 0.6 is 0 Å². The van der Waals surface area contributed by atoms with Crippen LogP contribution in [0.25, 0.3) is 0 Å². The van der Waals surface area contributed by atoms with Crippen LogP contribution < -0.4 is 21.3 Å². The average molecular weight is 632 g/mol. The molecule has 5 fully saturated rings. The molecule has 4 N–H and O–H groups in total. The number of fused-ring (bicyclic) bond motifs is 5. The highest BCUT2D eigenvalue weighted by Crippen LogP contribution is 2.42. The lowest BCUT2D eigenvalue weighted by Crippen LogP contribution is -2.80. The summed E-state index contributed by atoms with van der Waals surface area (Å²) in [6.07, 6.45) is 3.32. The van der Waals surface area contributed by atoms with Gasteiger partial charge in [0.15, 0.2) is 5.78 Å². The zero-order valence-corrected chi connectivity index (χ0v) is 27.0. The van der Waals surface area contributed by atoms with Crippen LogP contribution in [0.3, 0.4) is 0 Å². The molecule has 1 saturated carbocycles. The lowest BCUT2D eigenvalue weighted by molar-refractivity contribution is -0.138. The van der Waals surface area contributed by atoms with Gasteiger partial charge in [-0.3, -0.25) is 19.8 Å². The number of rotatable bonds is 3. The number of nitrogens with zero attached hydrogens (tertiary/aromatic N) is 3. The standard InChI is InChI=1S/C33H51F2N7O3/c1-6-26(44)40-15-19(5)41(16-18(40)4)31-21-14-23(35)29-27-22(34)8-7-9-24(27)36-13-11-25(43)20-10-12-37-28(17(2)3)30(20)42(32(21)38-29)33(45)39-31/h6,11,13,17-24,27-32,36-38H,1,7-10,12,14-16H2,2-5H3,(H,39,45)/t18-,19+,20?,21?,22?,23?,24?,27?,28?,29?,30?,31?,32?/m1/s1. The number of hydrogen-bond donors (Lipinski definition) is 4. The van der Waals surface area contributed by atoms with Crippen molar-refractivity contribution in [3.63, 3.8) is 0 Å². The van der Waals surface area contributed by atoms with Crippen molar-refractivity contribution in [2.24, 2.45) is 23.7 Å². The number of hydrogen-bond acceptors (Lipinski definition) is 7. The lowest BCUT2D eigenvalue weighted by Gasteiger charge is -2.60. The number of amides is 3. The SMILES string of the molecule is C=CC(=O)N1C[C@H](C)N(C2NC(=O)N3C4NC(C(F)CC42)C2C(F)CCCC2NC=CC(=O)C2CCNC(C(C)C)C23)C[C@H]1C. The van der Waals surface area contributed by atoms with Gasteiger partial charge in [0.25, 0.3) is 0 Å². The molecule has 1 aliphatic carbocycles. The van der Waals surface area contributed by atoms with Crippen LogP contribution in [0.4, 0.5) is 13.6 Å². The highest BCUT2D eigenvalue weighted by molar-refractivity contribution is 5.93. The Kier molecular flexibility index (Phi) is 9.29. The number of carbonyl (C=O) groups excluding carboxylic acids is 3. The van der Waals surface area contributed by atoms with Crippen molar-refractivity contribution in [3.8, 4) is 0 Å². The Morgan fingerprint density at radius 1 is 1.07 bits per heavy atom. The summed E-state index contributed by atoms with van der Waals surface area (Å²) in [6.45, 7) is 13.4. The molecule has 0 radical (unpaired) electrons. The molecular formula is C33H51F2N7O3. The summed E-state index contributed by atoms with van der Waals surface area (Å²) in [4.78, 5) is 46.6. The predicted molar refractivity (Wildman–Crippen MR) is 167 cm³/mol. The monoisotopic (exact) mass is 631 g/mol. The van der Waals surface area contributed by atoms with Gasteiger partial charge in [0.05, 0.1) is 18.4 Å². The Bertz CT molecular complexity index is 1190. The molecule has 0 spiro atoms. The van der Waals surface area contributed by atoms with Crippen molar-refractivity contribution in [3.05, 3.63) is 24.9 Å². The van der Waals surface area contributed by atoms with E-state index in [0.717, 1.165) is 0 Å². The van der Waals surface area contributed by atoms with E-state index in [0.29, 0.717) is 45.3 Å². The minimum atomic E-state index is -1.33. The van der Waals surface area contributed by atoms with Crippen LogP contribution in [0.5, 0.6) is 0 Å². The minimum Gasteiger partial charge on any atom is -0.388 e. The maximum Gasteiger partial charge on any atom is 0.320 e. The highest BCUT2D eigenvalue weighted by Gasteiger charge is 2.58. The topological polar surface area (TPSA) is 109 Å². The molecule has 11 unspecified atom stereocenters. The number of piperazine rings is 1. The summed E-state index contributed by atoms with van der Waals surface area (Å²) in [5, 5.41) is 13.7. The van der Waals surface area contributed by atoms with Crippen molar-refractivity contribution in [2.75, 3.05) is 19.6 Å². The molecular weight excluding hydrogens is 580 g/mol. The van der Waals surface area contributed by atoms with Gasteiger partial charge in [-0.1, -0.05) is 20.4 Å². The number of piperidine rings is 2. The van der Waals surface area contributed by atoms with Gasteiger partial charge in [0.1, 0.15) is 12.3 Å². The summed E-state index contributed by atoms with van der Waals surface area (Å²) in [5.41, 5.74) is 0. The Morgan fingerprint density at radius 3 is 2.58 bits per heavy atom. The van der Waals surface area contributed by atoms with E-state index in [1.165, 1.54) is 6.08 Å². The molecule has 0 aromatic rings. The third kappa shape index (κ3) is 5.79. The third-order valence-electron chi connectivity index (χ3n) is 11.6. The molecule has 10 nitrogen and oxygen atoms in total. The number of alkyl halides is 2. The van der Waals surface area contributed by atoms with Crippen LogP contribution in [-0.4, -0.2) is 113 Å². The van der Waals surface area contributed by atoms with E-state index in [9.17, 15) is 14.4 Å². The second-order valence-electron chi connectivity index (χ2n) is 14.6. The molecule has 5 aliphatic heterocycles. The number of urea groups is 1. The summed E-state index contributed by atoms with van der Waals surface area (Å²) in [5.74, 6) is -1.53. The van der Waals surface area contributed by atoms with Crippen molar-refractivity contribution < 1.29 is 23.2 Å². The largest absolute Gasteiger partial charge is 0.388 e.